The fraction of sp³-hybridized carbons (Fsp3) is 0.500. The van der Waals surface area contributed by atoms with E-state index in [0.717, 1.165) is 12.2 Å². The zero-order chi connectivity index (χ0) is 12.3. The lowest BCUT2D eigenvalue weighted by atomic mass is 10.3. The Morgan fingerprint density at radius 3 is 2.76 bits per heavy atom. The van der Waals surface area contributed by atoms with Crippen molar-refractivity contribution in [3.8, 4) is 5.75 Å². The summed E-state index contributed by atoms with van der Waals surface area (Å²) in [6, 6.07) is 9.95. The fourth-order valence-corrected chi connectivity index (χ4v) is 1.86. The molecule has 1 aromatic carbocycles. The molecule has 1 aromatic rings. The predicted molar refractivity (Wildman–Crippen MR) is 66.8 cm³/mol. The number of carbonyl (C=O) groups excluding carboxylic acids is 1. The predicted octanol–water partition coefficient (Wildman–Crippen LogP) is 2.23. The van der Waals surface area contributed by atoms with Crippen LogP contribution in [-0.2, 0) is 4.79 Å². The Bertz CT molecular complexity index is 375. The lowest BCUT2D eigenvalue weighted by Gasteiger charge is -2.08. The number of nitrogens with one attached hydrogen (secondary N) is 1. The molecule has 1 fully saturated rings. The molecule has 0 radical (unpaired) electrons. The molecule has 2 rings (SSSR count). The first-order valence-corrected chi connectivity index (χ1v) is 6.15. The minimum Gasteiger partial charge on any atom is -0.493 e. The Morgan fingerprint density at radius 2 is 2.12 bits per heavy atom. The maximum Gasteiger partial charge on any atom is 0.223 e. The molecule has 92 valence electrons. The summed E-state index contributed by atoms with van der Waals surface area (Å²) >= 11 is 0. The van der Waals surface area contributed by atoms with Crippen LogP contribution in [0, 0.1) is 11.8 Å². The van der Waals surface area contributed by atoms with E-state index in [0.29, 0.717) is 12.5 Å². The molecule has 1 aliphatic rings. The van der Waals surface area contributed by atoms with E-state index in [1.165, 1.54) is 0 Å². The number of hydrogen-bond donors (Lipinski definition) is 1. The van der Waals surface area contributed by atoms with Crippen molar-refractivity contribution in [1.82, 2.24) is 5.32 Å². The number of benzene rings is 1. The Labute approximate surface area is 102 Å². The molecule has 0 bridgehead atoms. The summed E-state index contributed by atoms with van der Waals surface area (Å²) in [6.45, 7) is 4.60. The van der Waals surface area contributed by atoms with E-state index in [1.807, 2.05) is 44.2 Å². The van der Waals surface area contributed by atoms with Gasteiger partial charge in [0, 0.05) is 17.9 Å². The summed E-state index contributed by atoms with van der Waals surface area (Å²) in [5.41, 5.74) is 0. The quantitative estimate of drug-likeness (QED) is 0.847. The maximum absolute atomic E-state index is 11.7. The van der Waals surface area contributed by atoms with Gasteiger partial charge >= 0.3 is 0 Å². The van der Waals surface area contributed by atoms with Crippen LogP contribution in [-0.4, -0.2) is 18.6 Å². The van der Waals surface area contributed by atoms with Crippen molar-refractivity contribution < 1.29 is 9.53 Å². The minimum absolute atomic E-state index is 0.154. The zero-order valence-corrected chi connectivity index (χ0v) is 10.3. The second kappa shape index (κ2) is 5.21. The lowest BCUT2D eigenvalue weighted by Crippen LogP contribution is -2.32. The highest BCUT2D eigenvalue weighted by Crippen LogP contribution is 2.38. The van der Waals surface area contributed by atoms with Crippen LogP contribution in [0.15, 0.2) is 30.3 Å². The average Bonchev–Trinajstić information content (AvgIpc) is 3.06. The van der Waals surface area contributed by atoms with Gasteiger partial charge in [0.05, 0.1) is 6.61 Å². The Morgan fingerprint density at radius 1 is 1.41 bits per heavy atom. The molecule has 1 amide bonds. The standard InChI is InChI=1S/C14H19NO2/c1-10(2)15-14(16)13-8-11(13)9-17-12-6-4-3-5-7-12/h3-7,10-11,13H,8-9H2,1-2H3,(H,15,16)/t11-,13+/m0/s1. The molecule has 1 aliphatic carbocycles. The second-order valence-corrected chi connectivity index (χ2v) is 4.89. The molecular weight excluding hydrogens is 214 g/mol. The van der Waals surface area contributed by atoms with E-state index in [2.05, 4.69) is 5.32 Å². The van der Waals surface area contributed by atoms with Gasteiger partial charge < -0.3 is 10.1 Å². The number of amides is 1. The molecule has 0 saturated heterocycles. The van der Waals surface area contributed by atoms with E-state index >= 15 is 0 Å². The van der Waals surface area contributed by atoms with E-state index in [-0.39, 0.29) is 17.9 Å². The van der Waals surface area contributed by atoms with Crippen LogP contribution in [0.4, 0.5) is 0 Å². The molecule has 0 aromatic heterocycles. The lowest BCUT2D eigenvalue weighted by molar-refractivity contribution is -0.123. The first-order valence-electron chi connectivity index (χ1n) is 6.15. The molecule has 17 heavy (non-hydrogen) atoms. The molecule has 0 heterocycles. The smallest absolute Gasteiger partial charge is 0.223 e. The van der Waals surface area contributed by atoms with E-state index < -0.39 is 0 Å². The molecule has 0 aliphatic heterocycles. The maximum atomic E-state index is 11.7. The molecule has 2 atom stereocenters. The van der Waals surface area contributed by atoms with Gasteiger partial charge in [-0.1, -0.05) is 18.2 Å². The highest BCUT2D eigenvalue weighted by Gasteiger charge is 2.43. The first-order chi connectivity index (χ1) is 8.16. The van der Waals surface area contributed by atoms with E-state index in [9.17, 15) is 4.79 Å². The SMILES string of the molecule is CC(C)NC(=O)[C@@H]1C[C@H]1COc1ccccc1. The van der Waals surface area contributed by atoms with Gasteiger partial charge in [-0.2, -0.15) is 0 Å². The van der Waals surface area contributed by atoms with Gasteiger partial charge in [-0.15, -0.1) is 0 Å². The summed E-state index contributed by atoms with van der Waals surface area (Å²) in [6.07, 6.45) is 0.950. The molecular formula is C14H19NO2. The van der Waals surface area contributed by atoms with Crippen LogP contribution in [0.3, 0.4) is 0 Å². The topological polar surface area (TPSA) is 38.3 Å². The third-order valence-corrected chi connectivity index (χ3v) is 2.90. The molecule has 1 N–H and O–H groups in total. The van der Waals surface area contributed by atoms with Crippen molar-refractivity contribution >= 4 is 5.91 Å². The first kappa shape index (κ1) is 12.0. The molecule has 0 spiro atoms. The number of carbonyl (C=O) groups is 1. The van der Waals surface area contributed by atoms with Gasteiger partial charge in [-0.25, -0.2) is 0 Å². The van der Waals surface area contributed by atoms with Crippen molar-refractivity contribution in [1.29, 1.82) is 0 Å². The van der Waals surface area contributed by atoms with Gasteiger partial charge in [-0.05, 0) is 32.4 Å². The number of para-hydroxylation sites is 1. The van der Waals surface area contributed by atoms with Crippen LogP contribution >= 0.6 is 0 Å². The van der Waals surface area contributed by atoms with Gasteiger partial charge in [0.1, 0.15) is 5.75 Å². The molecule has 3 heteroatoms. The summed E-state index contributed by atoms with van der Waals surface area (Å²) in [5.74, 6) is 1.58. The fourth-order valence-electron chi connectivity index (χ4n) is 1.86. The third kappa shape index (κ3) is 3.48. The Balaban J connectivity index is 1.72. The number of hydrogen-bond acceptors (Lipinski definition) is 2. The second-order valence-electron chi connectivity index (χ2n) is 4.89. The Kier molecular flexibility index (Phi) is 3.67. The van der Waals surface area contributed by atoms with Crippen LogP contribution in [0.5, 0.6) is 5.75 Å². The van der Waals surface area contributed by atoms with Crippen molar-refractivity contribution in [2.45, 2.75) is 26.3 Å². The van der Waals surface area contributed by atoms with Crippen molar-refractivity contribution in [2.75, 3.05) is 6.61 Å². The van der Waals surface area contributed by atoms with Crippen molar-refractivity contribution in [3.05, 3.63) is 30.3 Å². The van der Waals surface area contributed by atoms with Crippen LogP contribution < -0.4 is 10.1 Å². The largest absolute Gasteiger partial charge is 0.493 e. The van der Waals surface area contributed by atoms with Gasteiger partial charge in [-0.3, -0.25) is 4.79 Å². The van der Waals surface area contributed by atoms with Crippen LogP contribution in [0.1, 0.15) is 20.3 Å². The highest BCUT2D eigenvalue weighted by atomic mass is 16.5. The molecule has 1 saturated carbocycles. The minimum atomic E-state index is 0.154. The summed E-state index contributed by atoms with van der Waals surface area (Å²) in [7, 11) is 0. The van der Waals surface area contributed by atoms with Gasteiger partial charge in [0.15, 0.2) is 0 Å². The van der Waals surface area contributed by atoms with Crippen LogP contribution in [0.25, 0.3) is 0 Å². The summed E-state index contributed by atoms with van der Waals surface area (Å²) in [5, 5.41) is 2.94. The molecule has 0 unspecified atom stereocenters. The third-order valence-electron chi connectivity index (χ3n) is 2.90. The van der Waals surface area contributed by atoms with Crippen LogP contribution in [0.2, 0.25) is 0 Å². The Hall–Kier alpha value is -1.51. The van der Waals surface area contributed by atoms with E-state index in [4.69, 9.17) is 4.74 Å². The van der Waals surface area contributed by atoms with Gasteiger partial charge in [0.2, 0.25) is 5.91 Å². The highest BCUT2D eigenvalue weighted by molar-refractivity contribution is 5.81. The summed E-state index contributed by atoms with van der Waals surface area (Å²) < 4.78 is 5.64. The average molecular weight is 233 g/mol. The number of ether oxygens (including phenoxy) is 1. The summed E-state index contributed by atoms with van der Waals surface area (Å²) in [4.78, 5) is 11.7. The van der Waals surface area contributed by atoms with Gasteiger partial charge in [0.25, 0.3) is 0 Å². The van der Waals surface area contributed by atoms with Crippen molar-refractivity contribution in [3.63, 3.8) is 0 Å². The monoisotopic (exact) mass is 233 g/mol. The normalized spacial score (nSPS) is 22.3. The molecule has 3 nitrogen and oxygen atoms in total. The van der Waals surface area contributed by atoms with E-state index in [1.54, 1.807) is 0 Å². The zero-order valence-electron chi connectivity index (χ0n) is 10.3. The number of rotatable bonds is 5. The van der Waals surface area contributed by atoms with Crippen molar-refractivity contribution in [2.24, 2.45) is 11.8 Å².